The van der Waals surface area contributed by atoms with E-state index >= 15 is 0 Å². The van der Waals surface area contributed by atoms with Crippen LogP contribution in [0.1, 0.15) is 46.2 Å². The predicted octanol–water partition coefficient (Wildman–Crippen LogP) is 4.43. The van der Waals surface area contributed by atoms with Gasteiger partial charge in [-0.25, -0.2) is 9.97 Å². The first-order valence-electron chi connectivity index (χ1n) is 12.6. The lowest BCUT2D eigenvalue weighted by molar-refractivity contribution is 0.0290. The smallest absolute Gasteiger partial charge is 0.251 e. The fraction of sp³-hybridized carbons (Fsp3) is 0.414. The summed E-state index contributed by atoms with van der Waals surface area (Å²) in [6.07, 6.45) is 2.28. The van der Waals surface area contributed by atoms with Crippen molar-refractivity contribution in [3.05, 3.63) is 77.2 Å². The standard InChI is InChI=1S/C29H35N5O/c1-19-5-7-22(8-6-19)29(35)30-17-25-15-23-13-14-34(25)18-26(23)28-16-27(31-20(2)32-28)21-9-11-24(12-10-21)33(3)4/h5-12,16,23,25-26H,13-15,17-18H2,1-4H3,(H,30,35)/t23-,25+,26-/m0/s1. The van der Waals surface area contributed by atoms with Crippen LogP contribution in [-0.2, 0) is 0 Å². The highest BCUT2D eigenvalue weighted by Crippen LogP contribution is 2.41. The van der Waals surface area contributed by atoms with E-state index in [9.17, 15) is 4.79 Å². The molecule has 3 fully saturated rings. The van der Waals surface area contributed by atoms with Crippen LogP contribution in [0.4, 0.5) is 5.69 Å². The van der Waals surface area contributed by atoms with E-state index in [4.69, 9.17) is 9.97 Å². The van der Waals surface area contributed by atoms with Crippen molar-refractivity contribution >= 4 is 11.6 Å². The zero-order chi connectivity index (χ0) is 24.5. The molecule has 1 unspecified atom stereocenters. The number of hydrogen-bond acceptors (Lipinski definition) is 5. The SMILES string of the molecule is Cc1ccc(C(=O)NC[C@H]2C[C@@H]3CCN2C[C@@H]3c2cc(-c3ccc(N(C)C)cc3)nc(C)n2)cc1. The van der Waals surface area contributed by atoms with Gasteiger partial charge in [-0.3, -0.25) is 9.69 Å². The lowest BCUT2D eigenvalue weighted by Gasteiger charge is -2.49. The summed E-state index contributed by atoms with van der Waals surface area (Å²) >= 11 is 0. The third-order valence-corrected chi connectivity index (χ3v) is 7.61. The Balaban J connectivity index is 1.27. The maximum absolute atomic E-state index is 12.6. The molecule has 3 saturated heterocycles. The van der Waals surface area contributed by atoms with Gasteiger partial charge in [-0.1, -0.05) is 29.8 Å². The molecule has 2 bridgehead atoms. The molecule has 1 N–H and O–H groups in total. The number of hydrogen-bond donors (Lipinski definition) is 1. The topological polar surface area (TPSA) is 61.4 Å². The van der Waals surface area contributed by atoms with E-state index in [1.807, 2.05) is 38.1 Å². The van der Waals surface area contributed by atoms with Gasteiger partial charge >= 0.3 is 0 Å². The minimum absolute atomic E-state index is 0.0144. The van der Waals surface area contributed by atoms with Crippen molar-refractivity contribution in [2.75, 3.05) is 38.6 Å². The Kier molecular flexibility index (Phi) is 6.56. The van der Waals surface area contributed by atoms with Crippen LogP contribution < -0.4 is 10.2 Å². The van der Waals surface area contributed by atoms with Gasteiger partial charge in [-0.15, -0.1) is 0 Å². The number of fused-ring (bicyclic) bond motifs is 3. The van der Waals surface area contributed by atoms with E-state index in [1.54, 1.807) is 0 Å². The van der Waals surface area contributed by atoms with Crippen molar-refractivity contribution < 1.29 is 4.79 Å². The van der Waals surface area contributed by atoms with Crippen LogP contribution in [0.15, 0.2) is 54.6 Å². The number of amides is 1. The van der Waals surface area contributed by atoms with E-state index < -0.39 is 0 Å². The summed E-state index contributed by atoms with van der Waals surface area (Å²) in [5.74, 6) is 1.84. The number of nitrogens with one attached hydrogen (secondary N) is 1. The molecule has 0 saturated carbocycles. The van der Waals surface area contributed by atoms with Crippen molar-refractivity contribution in [2.45, 2.75) is 38.6 Å². The average Bonchev–Trinajstić information content (AvgIpc) is 2.87. The number of nitrogens with zero attached hydrogens (tertiary/aromatic N) is 4. The second kappa shape index (κ2) is 9.78. The number of carbonyl (C=O) groups excluding carboxylic acids is 1. The van der Waals surface area contributed by atoms with Gasteiger partial charge in [0.2, 0.25) is 0 Å². The molecular formula is C29H35N5O. The molecule has 4 heterocycles. The molecule has 1 amide bonds. The summed E-state index contributed by atoms with van der Waals surface area (Å²) in [5, 5.41) is 3.17. The number of carbonyl (C=O) groups is 1. The maximum atomic E-state index is 12.6. The van der Waals surface area contributed by atoms with Gasteiger partial charge < -0.3 is 10.2 Å². The van der Waals surface area contributed by atoms with Gasteiger partial charge in [0, 0.05) is 61.7 Å². The Morgan fingerprint density at radius 3 is 2.46 bits per heavy atom. The number of anilines is 1. The summed E-state index contributed by atoms with van der Waals surface area (Å²) in [4.78, 5) is 26.9. The minimum Gasteiger partial charge on any atom is -0.378 e. The maximum Gasteiger partial charge on any atom is 0.251 e. The molecule has 3 aliphatic rings. The molecule has 6 nitrogen and oxygen atoms in total. The molecule has 4 atom stereocenters. The normalized spacial score (nSPS) is 23.2. The van der Waals surface area contributed by atoms with Crippen molar-refractivity contribution in [3.63, 3.8) is 0 Å². The van der Waals surface area contributed by atoms with Gasteiger partial charge in [0.05, 0.1) is 5.69 Å². The number of rotatable bonds is 6. The van der Waals surface area contributed by atoms with Crippen molar-refractivity contribution in [3.8, 4) is 11.3 Å². The van der Waals surface area contributed by atoms with E-state index in [2.05, 4.69) is 59.5 Å². The highest BCUT2D eigenvalue weighted by Gasteiger charge is 2.41. The van der Waals surface area contributed by atoms with Crippen LogP contribution >= 0.6 is 0 Å². The number of aryl methyl sites for hydroxylation is 2. The first-order valence-corrected chi connectivity index (χ1v) is 12.6. The molecule has 3 aliphatic heterocycles. The van der Waals surface area contributed by atoms with Crippen LogP contribution in [0, 0.1) is 19.8 Å². The second-order valence-electron chi connectivity index (χ2n) is 10.3. The third-order valence-electron chi connectivity index (χ3n) is 7.61. The highest BCUT2D eigenvalue weighted by atomic mass is 16.1. The quantitative estimate of drug-likeness (QED) is 0.579. The molecule has 182 valence electrons. The summed E-state index contributed by atoms with van der Waals surface area (Å²) in [6, 6.07) is 18.9. The summed E-state index contributed by atoms with van der Waals surface area (Å²) in [5.41, 5.74) is 6.35. The zero-order valence-electron chi connectivity index (χ0n) is 21.2. The van der Waals surface area contributed by atoms with E-state index in [0.717, 1.165) is 53.4 Å². The van der Waals surface area contributed by atoms with Crippen molar-refractivity contribution in [2.24, 2.45) is 5.92 Å². The van der Waals surface area contributed by atoms with Gasteiger partial charge in [-0.05, 0) is 69.5 Å². The zero-order valence-corrected chi connectivity index (χ0v) is 21.2. The molecule has 3 aromatic rings. The summed E-state index contributed by atoms with van der Waals surface area (Å²) < 4.78 is 0. The fourth-order valence-corrected chi connectivity index (χ4v) is 5.56. The Morgan fingerprint density at radius 1 is 1.06 bits per heavy atom. The second-order valence-corrected chi connectivity index (χ2v) is 10.3. The molecule has 0 spiro atoms. The molecular weight excluding hydrogens is 434 g/mol. The van der Waals surface area contributed by atoms with Crippen molar-refractivity contribution in [1.29, 1.82) is 0 Å². The van der Waals surface area contributed by atoms with Crippen LogP contribution in [0.25, 0.3) is 11.3 Å². The van der Waals surface area contributed by atoms with Gasteiger partial charge in [0.25, 0.3) is 5.91 Å². The molecule has 6 rings (SSSR count). The first kappa shape index (κ1) is 23.5. The Labute approximate surface area is 208 Å². The predicted molar refractivity (Wildman–Crippen MR) is 141 cm³/mol. The van der Waals surface area contributed by atoms with Crippen molar-refractivity contribution in [1.82, 2.24) is 20.2 Å². The molecule has 0 radical (unpaired) electrons. The Bertz CT molecular complexity index is 1190. The molecule has 0 aliphatic carbocycles. The largest absolute Gasteiger partial charge is 0.378 e. The number of benzene rings is 2. The molecule has 35 heavy (non-hydrogen) atoms. The third kappa shape index (κ3) is 5.08. The summed E-state index contributed by atoms with van der Waals surface area (Å²) in [7, 11) is 4.10. The lowest BCUT2D eigenvalue weighted by Crippen LogP contribution is -2.56. The van der Waals surface area contributed by atoms with Gasteiger partial charge in [0.15, 0.2) is 0 Å². The van der Waals surface area contributed by atoms with E-state index in [-0.39, 0.29) is 5.91 Å². The Morgan fingerprint density at radius 2 is 1.80 bits per heavy atom. The van der Waals surface area contributed by atoms with Crippen LogP contribution in [0.2, 0.25) is 0 Å². The monoisotopic (exact) mass is 469 g/mol. The fourth-order valence-electron chi connectivity index (χ4n) is 5.56. The minimum atomic E-state index is 0.0144. The van der Waals surface area contributed by atoms with Crippen LogP contribution in [0.3, 0.4) is 0 Å². The van der Waals surface area contributed by atoms with E-state index in [0.29, 0.717) is 24.4 Å². The van der Waals surface area contributed by atoms with Crippen LogP contribution in [-0.4, -0.2) is 60.5 Å². The van der Waals surface area contributed by atoms with Gasteiger partial charge in [0.1, 0.15) is 5.82 Å². The molecule has 2 aromatic carbocycles. The highest BCUT2D eigenvalue weighted by molar-refractivity contribution is 5.94. The van der Waals surface area contributed by atoms with Gasteiger partial charge in [-0.2, -0.15) is 0 Å². The molecule has 1 aromatic heterocycles. The average molecular weight is 470 g/mol. The van der Waals surface area contributed by atoms with E-state index in [1.165, 1.54) is 12.1 Å². The summed E-state index contributed by atoms with van der Waals surface area (Å²) in [6.45, 7) is 6.81. The number of piperidine rings is 3. The first-order chi connectivity index (χ1) is 16.9. The Hall–Kier alpha value is -3.25. The lowest BCUT2D eigenvalue weighted by atomic mass is 9.74. The number of aromatic nitrogens is 2. The molecule has 6 heteroatoms. The van der Waals surface area contributed by atoms with Crippen LogP contribution in [0.5, 0.6) is 0 Å².